The molecule has 196 valence electrons. The van der Waals surface area contributed by atoms with E-state index in [1.165, 1.54) is 22.5 Å². The van der Waals surface area contributed by atoms with Crippen molar-refractivity contribution in [1.82, 2.24) is 14.4 Å². The second-order valence-corrected chi connectivity index (χ2v) is 10.8. The summed E-state index contributed by atoms with van der Waals surface area (Å²) in [7, 11) is 2.03. The summed E-state index contributed by atoms with van der Waals surface area (Å²) in [6.07, 6.45) is 0.978. The number of amides is 1. The van der Waals surface area contributed by atoms with Gasteiger partial charge >= 0.3 is 0 Å². The van der Waals surface area contributed by atoms with E-state index in [1.54, 1.807) is 0 Å². The second kappa shape index (κ2) is 11.2. The highest BCUT2D eigenvalue weighted by Crippen LogP contribution is 2.27. The Labute approximate surface area is 226 Å². The zero-order chi connectivity index (χ0) is 25.9. The lowest BCUT2D eigenvalue weighted by Gasteiger charge is -2.36. The molecule has 0 aliphatic carbocycles. The van der Waals surface area contributed by atoms with E-state index in [4.69, 9.17) is 11.6 Å². The maximum Gasteiger partial charge on any atom is 0.270 e. The number of piperazine rings is 1. The van der Waals surface area contributed by atoms with Crippen LogP contribution in [0.3, 0.4) is 0 Å². The number of rotatable bonds is 5. The zero-order valence-corrected chi connectivity index (χ0v) is 23.0. The smallest absolute Gasteiger partial charge is 0.270 e. The number of nitrogens with zero attached hydrogens (tertiary/aromatic N) is 5. The molecule has 1 aromatic heterocycles. The Morgan fingerprint density at radius 1 is 0.838 bits per heavy atom. The topological polar surface area (TPSA) is 35.0 Å². The monoisotopic (exact) mass is 519 g/mol. The molecule has 2 aliphatic rings. The number of hydrogen-bond donors (Lipinski definition) is 0. The number of carbonyl (C=O) groups is 1. The predicted molar refractivity (Wildman–Crippen MR) is 153 cm³/mol. The van der Waals surface area contributed by atoms with E-state index >= 15 is 0 Å². The van der Waals surface area contributed by atoms with E-state index in [2.05, 4.69) is 69.5 Å². The minimum atomic E-state index is 0.145. The van der Waals surface area contributed by atoms with Crippen LogP contribution in [0, 0.1) is 13.8 Å². The van der Waals surface area contributed by atoms with Crippen molar-refractivity contribution in [3.05, 3.63) is 82.1 Å². The summed E-state index contributed by atoms with van der Waals surface area (Å²) < 4.78 is 2.08. The van der Waals surface area contributed by atoms with E-state index in [0.717, 1.165) is 81.7 Å². The molecule has 2 aromatic carbocycles. The van der Waals surface area contributed by atoms with Crippen molar-refractivity contribution in [2.45, 2.75) is 26.8 Å². The molecule has 0 spiro atoms. The molecule has 2 aliphatic heterocycles. The van der Waals surface area contributed by atoms with Crippen LogP contribution in [0.2, 0.25) is 5.02 Å². The zero-order valence-electron chi connectivity index (χ0n) is 22.3. The summed E-state index contributed by atoms with van der Waals surface area (Å²) in [5, 5.41) is 0.813. The fraction of sp³-hybridized carbons (Fsp3) is 0.433. The number of halogens is 1. The van der Waals surface area contributed by atoms with Gasteiger partial charge in [0.25, 0.3) is 5.91 Å². The largest absolute Gasteiger partial charge is 0.370 e. The van der Waals surface area contributed by atoms with Gasteiger partial charge in [-0.15, -0.1) is 0 Å². The van der Waals surface area contributed by atoms with Gasteiger partial charge in [0.15, 0.2) is 0 Å². The highest BCUT2D eigenvalue weighted by atomic mass is 35.5. The van der Waals surface area contributed by atoms with Gasteiger partial charge < -0.3 is 19.3 Å². The Balaban J connectivity index is 1.21. The Bertz CT molecular complexity index is 1230. The number of hydrogen-bond acceptors (Lipinski definition) is 4. The quantitative estimate of drug-likeness (QED) is 0.477. The van der Waals surface area contributed by atoms with Crippen molar-refractivity contribution in [2.75, 3.05) is 62.2 Å². The Morgan fingerprint density at radius 3 is 2.27 bits per heavy atom. The molecule has 0 atom stereocenters. The molecule has 0 bridgehead atoms. The molecular weight excluding hydrogens is 482 g/mol. The second-order valence-electron chi connectivity index (χ2n) is 10.4. The maximum atomic E-state index is 13.6. The average molecular weight is 520 g/mol. The molecule has 2 fully saturated rings. The first-order chi connectivity index (χ1) is 17.9. The van der Waals surface area contributed by atoms with Crippen LogP contribution < -0.4 is 9.80 Å². The van der Waals surface area contributed by atoms with Gasteiger partial charge in [0.05, 0.1) is 10.7 Å². The normalized spacial score (nSPS) is 17.2. The fourth-order valence-electron chi connectivity index (χ4n) is 5.52. The van der Waals surface area contributed by atoms with Crippen LogP contribution in [-0.2, 0) is 13.6 Å². The minimum Gasteiger partial charge on any atom is -0.370 e. The third kappa shape index (κ3) is 5.65. The van der Waals surface area contributed by atoms with Gasteiger partial charge in [0, 0.05) is 77.3 Å². The number of benzene rings is 2. The van der Waals surface area contributed by atoms with Crippen molar-refractivity contribution in [2.24, 2.45) is 7.05 Å². The van der Waals surface area contributed by atoms with E-state index in [0.29, 0.717) is 0 Å². The summed E-state index contributed by atoms with van der Waals surface area (Å²) >= 11 is 6.42. The first-order valence-electron chi connectivity index (χ1n) is 13.4. The third-order valence-electron chi connectivity index (χ3n) is 8.00. The van der Waals surface area contributed by atoms with Gasteiger partial charge in [-0.3, -0.25) is 9.69 Å². The van der Waals surface area contributed by atoms with Crippen molar-refractivity contribution in [3.8, 4) is 0 Å². The summed E-state index contributed by atoms with van der Waals surface area (Å²) in [6.45, 7) is 12.3. The molecule has 0 radical (unpaired) electrons. The number of para-hydroxylation sites is 1. The Kier molecular flexibility index (Phi) is 7.77. The Morgan fingerprint density at radius 2 is 1.54 bits per heavy atom. The van der Waals surface area contributed by atoms with Crippen LogP contribution in [0.4, 0.5) is 11.4 Å². The van der Waals surface area contributed by atoms with Crippen LogP contribution in [0.25, 0.3) is 0 Å². The summed E-state index contributed by atoms with van der Waals surface area (Å²) in [5.41, 5.74) is 6.84. The standard InChI is InChI=1S/C30H38ClN5O/c1-23-9-11-26(12-10-23)34-13-6-14-36(20-19-34)30(37)29-21-25(24(2)32(29)3)22-33-15-17-35(18-16-33)28-8-5-4-7-27(28)31/h4-5,7-12,21H,6,13-20,22H2,1-3H3. The number of anilines is 2. The van der Waals surface area contributed by atoms with Crippen molar-refractivity contribution in [1.29, 1.82) is 0 Å². The van der Waals surface area contributed by atoms with Crippen LogP contribution in [-0.4, -0.2) is 72.6 Å². The molecule has 0 saturated carbocycles. The van der Waals surface area contributed by atoms with Crippen LogP contribution >= 0.6 is 11.6 Å². The van der Waals surface area contributed by atoms with Crippen molar-refractivity contribution >= 4 is 28.9 Å². The first kappa shape index (κ1) is 25.7. The lowest BCUT2D eigenvalue weighted by Crippen LogP contribution is -2.46. The number of aryl methyl sites for hydroxylation is 1. The summed E-state index contributed by atoms with van der Waals surface area (Å²) in [6, 6.07) is 18.9. The van der Waals surface area contributed by atoms with E-state index in [-0.39, 0.29) is 5.91 Å². The van der Waals surface area contributed by atoms with Gasteiger partial charge in [0.1, 0.15) is 5.69 Å². The van der Waals surface area contributed by atoms with Gasteiger partial charge in [-0.05, 0) is 56.2 Å². The SMILES string of the molecule is Cc1ccc(N2CCCN(C(=O)c3cc(CN4CCN(c5ccccc5Cl)CC4)c(C)n3C)CC2)cc1. The lowest BCUT2D eigenvalue weighted by atomic mass is 10.2. The molecule has 6 nitrogen and oxygen atoms in total. The van der Waals surface area contributed by atoms with E-state index in [9.17, 15) is 4.79 Å². The van der Waals surface area contributed by atoms with Crippen LogP contribution in [0.1, 0.15) is 33.7 Å². The highest BCUT2D eigenvalue weighted by molar-refractivity contribution is 6.33. The van der Waals surface area contributed by atoms with E-state index in [1.807, 2.05) is 30.1 Å². The van der Waals surface area contributed by atoms with Crippen LogP contribution in [0.15, 0.2) is 54.6 Å². The number of carbonyl (C=O) groups excluding carboxylic acids is 1. The van der Waals surface area contributed by atoms with Gasteiger partial charge in [0.2, 0.25) is 0 Å². The minimum absolute atomic E-state index is 0.145. The molecular formula is C30H38ClN5O. The Hall–Kier alpha value is -2.96. The fourth-order valence-corrected chi connectivity index (χ4v) is 5.78. The molecule has 7 heteroatoms. The molecule has 0 unspecified atom stereocenters. The molecule has 3 heterocycles. The highest BCUT2D eigenvalue weighted by Gasteiger charge is 2.25. The molecule has 5 rings (SSSR count). The summed E-state index contributed by atoms with van der Waals surface area (Å²) in [5.74, 6) is 0.145. The van der Waals surface area contributed by atoms with Gasteiger partial charge in [-0.2, -0.15) is 0 Å². The first-order valence-corrected chi connectivity index (χ1v) is 13.8. The number of aromatic nitrogens is 1. The van der Waals surface area contributed by atoms with E-state index < -0.39 is 0 Å². The van der Waals surface area contributed by atoms with Crippen molar-refractivity contribution in [3.63, 3.8) is 0 Å². The third-order valence-corrected chi connectivity index (χ3v) is 8.32. The van der Waals surface area contributed by atoms with Gasteiger partial charge in [-0.25, -0.2) is 0 Å². The maximum absolute atomic E-state index is 13.6. The molecule has 2 saturated heterocycles. The molecule has 0 N–H and O–H groups in total. The lowest BCUT2D eigenvalue weighted by molar-refractivity contribution is 0.0757. The van der Waals surface area contributed by atoms with Crippen LogP contribution in [0.5, 0.6) is 0 Å². The predicted octanol–water partition coefficient (Wildman–Crippen LogP) is 4.97. The molecule has 3 aromatic rings. The average Bonchev–Trinajstić information content (AvgIpc) is 3.06. The molecule has 1 amide bonds. The van der Waals surface area contributed by atoms with Gasteiger partial charge in [-0.1, -0.05) is 41.4 Å². The van der Waals surface area contributed by atoms with Crippen molar-refractivity contribution < 1.29 is 4.79 Å². The summed E-state index contributed by atoms with van der Waals surface area (Å²) in [4.78, 5) is 22.9. The molecule has 37 heavy (non-hydrogen) atoms.